The summed E-state index contributed by atoms with van der Waals surface area (Å²) in [6.07, 6.45) is 2.21. The third-order valence-corrected chi connectivity index (χ3v) is 2.63. The monoisotopic (exact) mass is 197 g/mol. The second kappa shape index (κ2) is 3.63. The first kappa shape index (κ1) is 9.55. The number of pyridine rings is 1. The molecule has 0 aliphatic carbocycles. The van der Waals surface area contributed by atoms with Crippen LogP contribution in [0.25, 0.3) is 0 Å². The number of methoxy groups -OCH3 is 1. The van der Waals surface area contributed by atoms with Crippen LogP contribution in [0.15, 0.2) is 18.3 Å². The number of ether oxygens (including phenoxy) is 2. The van der Waals surface area contributed by atoms with E-state index in [-0.39, 0.29) is 0 Å². The van der Waals surface area contributed by atoms with E-state index in [0.29, 0.717) is 13.2 Å². The number of hydrogen-bond donors (Lipinski definition) is 0. The molecule has 2 heterocycles. The van der Waals surface area contributed by atoms with Gasteiger partial charge in [0.15, 0.2) is 0 Å². The lowest BCUT2D eigenvalue weighted by atomic mass is 9.94. The van der Waals surface area contributed by atoms with Gasteiger partial charge in [0.2, 0.25) is 5.95 Å². The zero-order valence-corrected chi connectivity index (χ0v) is 8.00. The van der Waals surface area contributed by atoms with Gasteiger partial charge in [-0.3, -0.25) is 0 Å². The third-order valence-electron chi connectivity index (χ3n) is 2.63. The Morgan fingerprint density at radius 3 is 3.07 bits per heavy atom. The van der Waals surface area contributed by atoms with Crippen molar-refractivity contribution in [3.63, 3.8) is 0 Å². The van der Waals surface area contributed by atoms with E-state index in [2.05, 4.69) is 4.98 Å². The SMILES string of the molecule is COC1(c2ccnc(F)c2)CCOC1. The van der Waals surface area contributed by atoms with Gasteiger partial charge < -0.3 is 9.47 Å². The molecule has 0 bridgehead atoms. The van der Waals surface area contributed by atoms with Gasteiger partial charge in [-0.2, -0.15) is 4.39 Å². The van der Waals surface area contributed by atoms with E-state index >= 15 is 0 Å². The first-order valence-electron chi connectivity index (χ1n) is 4.52. The minimum absolute atomic E-state index is 0.479. The molecule has 1 unspecified atom stereocenters. The Morgan fingerprint density at radius 2 is 2.50 bits per heavy atom. The predicted molar refractivity (Wildman–Crippen MR) is 48.3 cm³/mol. The minimum Gasteiger partial charge on any atom is -0.378 e. The molecule has 0 saturated carbocycles. The Labute approximate surface area is 81.9 Å². The lowest BCUT2D eigenvalue weighted by Crippen LogP contribution is -2.28. The molecular formula is C10H12FNO2. The highest BCUT2D eigenvalue weighted by Crippen LogP contribution is 2.33. The Bertz CT molecular complexity index is 324. The van der Waals surface area contributed by atoms with Gasteiger partial charge in [0.25, 0.3) is 0 Å². The fraction of sp³-hybridized carbons (Fsp3) is 0.500. The lowest BCUT2D eigenvalue weighted by Gasteiger charge is -2.25. The van der Waals surface area contributed by atoms with Gasteiger partial charge in [-0.25, -0.2) is 4.98 Å². The van der Waals surface area contributed by atoms with Crippen molar-refractivity contribution in [2.45, 2.75) is 12.0 Å². The zero-order valence-electron chi connectivity index (χ0n) is 8.00. The number of halogens is 1. The molecule has 4 heteroatoms. The second-order valence-corrected chi connectivity index (χ2v) is 3.37. The molecule has 1 aromatic heterocycles. The summed E-state index contributed by atoms with van der Waals surface area (Å²) in [6.45, 7) is 1.13. The van der Waals surface area contributed by atoms with Gasteiger partial charge in [-0.15, -0.1) is 0 Å². The maximum Gasteiger partial charge on any atom is 0.213 e. The topological polar surface area (TPSA) is 31.4 Å². The third kappa shape index (κ3) is 1.51. The molecule has 1 atom stereocenters. The van der Waals surface area contributed by atoms with Gasteiger partial charge in [0.1, 0.15) is 5.60 Å². The van der Waals surface area contributed by atoms with Gasteiger partial charge in [-0.1, -0.05) is 0 Å². The van der Waals surface area contributed by atoms with Crippen molar-refractivity contribution < 1.29 is 13.9 Å². The van der Waals surface area contributed by atoms with E-state index < -0.39 is 11.5 Å². The van der Waals surface area contributed by atoms with Crippen LogP contribution in [-0.2, 0) is 15.1 Å². The molecule has 76 valence electrons. The predicted octanol–water partition coefficient (Wildman–Crippen LogP) is 1.48. The van der Waals surface area contributed by atoms with Crippen LogP contribution in [0, 0.1) is 5.95 Å². The van der Waals surface area contributed by atoms with E-state index in [9.17, 15) is 4.39 Å². The molecule has 1 saturated heterocycles. The summed E-state index contributed by atoms with van der Waals surface area (Å²) in [5.41, 5.74) is 0.314. The standard InChI is InChI=1S/C10H12FNO2/c1-13-10(3-5-14-7-10)8-2-4-12-9(11)6-8/h2,4,6H,3,5,7H2,1H3. The number of aromatic nitrogens is 1. The molecule has 0 N–H and O–H groups in total. The van der Waals surface area contributed by atoms with E-state index in [1.54, 1.807) is 13.2 Å². The van der Waals surface area contributed by atoms with E-state index in [1.807, 2.05) is 0 Å². The van der Waals surface area contributed by atoms with E-state index in [0.717, 1.165) is 12.0 Å². The number of rotatable bonds is 2. The molecule has 1 aromatic rings. The van der Waals surface area contributed by atoms with Crippen LogP contribution >= 0.6 is 0 Å². The largest absolute Gasteiger partial charge is 0.378 e. The summed E-state index contributed by atoms with van der Waals surface area (Å²) < 4.78 is 23.6. The Morgan fingerprint density at radius 1 is 1.64 bits per heavy atom. The maximum absolute atomic E-state index is 12.9. The van der Waals surface area contributed by atoms with Gasteiger partial charge in [0, 0.05) is 26.3 Å². The fourth-order valence-corrected chi connectivity index (χ4v) is 1.74. The van der Waals surface area contributed by atoms with Gasteiger partial charge >= 0.3 is 0 Å². The summed E-state index contributed by atoms with van der Waals surface area (Å²) in [5.74, 6) is -0.481. The highest BCUT2D eigenvalue weighted by Gasteiger charge is 2.37. The van der Waals surface area contributed by atoms with Crippen molar-refractivity contribution in [1.82, 2.24) is 4.98 Å². The molecule has 0 amide bonds. The van der Waals surface area contributed by atoms with Crippen molar-refractivity contribution in [3.8, 4) is 0 Å². The van der Waals surface area contributed by atoms with Crippen molar-refractivity contribution in [3.05, 3.63) is 29.8 Å². The van der Waals surface area contributed by atoms with Crippen LogP contribution in [0.2, 0.25) is 0 Å². The molecule has 2 rings (SSSR count). The van der Waals surface area contributed by atoms with E-state index in [4.69, 9.17) is 9.47 Å². The summed E-state index contributed by atoms with van der Waals surface area (Å²) in [4.78, 5) is 3.51. The average Bonchev–Trinajstić information content (AvgIpc) is 2.67. The molecule has 1 fully saturated rings. The summed E-state index contributed by atoms with van der Waals surface area (Å²) in [5, 5.41) is 0. The van der Waals surface area contributed by atoms with Crippen LogP contribution < -0.4 is 0 Å². The van der Waals surface area contributed by atoms with E-state index in [1.165, 1.54) is 12.3 Å². The minimum atomic E-state index is -0.482. The first-order valence-corrected chi connectivity index (χ1v) is 4.52. The molecule has 1 aliphatic rings. The fourth-order valence-electron chi connectivity index (χ4n) is 1.74. The van der Waals surface area contributed by atoms with Crippen LogP contribution in [-0.4, -0.2) is 25.3 Å². The first-order chi connectivity index (χ1) is 6.77. The molecular weight excluding hydrogens is 185 g/mol. The van der Waals surface area contributed by atoms with Crippen LogP contribution in [0.5, 0.6) is 0 Å². The van der Waals surface area contributed by atoms with Crippen molar-refractivity contribution in [2.75, 3.05) is 20.3 Å². The summed E-state index contributed by atoms with van der Waals surface area (Å²) in [6, 6.07) is 3.17. The average molecular weight is 197 g/mol. The quantitative estimate of drug-likeness (QED) is 0.673. The van der Waals surface area contributed by atoms with Crippen molar-refractivity contribution in [1.29, 1.82) is 0 Å². The Balaban J connectivity index is 2.35. The molecule has 14 heavy (non-hydrogen) atoms. The van der Waals surface area contributed by atoms with Crippen molar-refractivity contribution in [2.24, 2.45) is 0 Å². The van der Waals surface area contributed by atoms with Gasteiger partial charge in [0.05, 0.1) is 6.61 Å². The van der Waals surface area contributed by atoms with Crippen LogP contribution in [0.1, 0.15) is 12.0 Å². The molecule has 0 spiro atoms. The zero-order chi connectivity index (χ0) is 10.0. The highest BCUT2D eigenvalue weighted by atomic mass is 19.1. The number of hydrogen-bond acceptors (Lipinski definition) is 3. The molecule has 0 aromatic carbocycles. The maximum atomic E-state index is 12.9. The second-order valence-electron chi connectivity index (χ2n) is 3.37. The number of nitrogens with zero attached hydrogens (tertiary/aromatic N) is 1. The Kier molecular flexibility index (Phi) is 2.48. The Hall–Kier alpha value is -1.00. The smallest absolute Gasteiger partial charge is 0.213 e. The van der Waals surface area contributed by atoms with Crippen molar-refractivity contribution >= 4 is 0 Å². The summed E-state index contributed by atoms with van der Waals surface area (Å²) >= 11 is 0. The highest BCUT2D eigenvalue weighted by molar-refractivity contribution is 5.21. The lowest BCUT2D eigenvalue weighted by molar-refractivity contribution is -0.0216. The van der Waals surface area contributed by atoms with Crippen LogP contribution in [0.3, 0.4) is 0 Å². The van der Waals surface area contributed by atoms with Gasteiger partial charge in [-0.05, 0) is 17.7 Å². The molecule has 0 radical (unpaired) electrons. The molecule has 3 nitrogen and oxygen atoms in total. The van der Waals surface area contributed by atoms with Crippen LogP contribution in [0.4, 0.5) is 4.39 Å². The summed E-state index contributed by atoms with van der Waals surface area (Å²) in [7, 11) is 1.62. The normalized spacial score (nSPS) is 26.7. The molecule has 1 aliphatic heterocycles.